The third-order valence-electron chi connectivity index (χ3n) is 3.59. The van der Waals surface area contributed by atoms with E-state index in [0.29, 0.717) is 5.56 Å². The summed E-state index contributed by atoms with van der Waals surface area (Å²) in [7, 11) is 0. The molecule has 0 amide bonds. The van der Waals surface area contributed by atoms with Crippen LogP contribution in [0.3, 0.4) is 0 Å². The van der Waals surface area contributed by atoms with Crippen molar-refractivity contribution in [2.45, 2.75) is 33.3 Å². The Morgan fingerprint density at radius 2 is 1.40 bits per heavy atom. The summed E-state index contributed by atoms with van der Waals surface area (Å²) in [4.78, 5) is 0. The quantitative estimate of drug-likeness (QED) is 0.892. The summed E-state index contributed by atoms with van der Waals surface area (Å²) in [5.41, 5.74) is 4.49. The van der Waals surface area contributed by atoms with Crippen molar-refractivity contribution >= 4 is 0 Å². The lowest BCUT2D eigenvalue weighted by atomic mass is 9.94. The Labute approximate surface area is 117 Å². The SMILES string of the molecule is Cc1cc(C)c(C(O)Cc2cc(F)cc(F)c2)cc1C. The zero-order valence-corrected chi connectivity index (χ0v) is 11.9. The number of hydrogen-bond donors (Lipinski definition) is 1. The lowest BCUT2D eigenvalue weighted by molar-refractivity contribution is 0.177. The first kappa shape index (κ1) is 14.7. The summed E-state index contributed by atoms with van der Waals surface area (Å²) in [6, 6.07) is 7.29. The maximum atomic E-state index is 13.2. The van der Waals surface area contributed by atoms with Gasteiger partial charge in [-0.05, 0) is 60.7 Å². The van der Waals surface area contributed by atoms with Crippen molar-refractivity contribution in [1.29, 1.82) is 0 Å². The van der Waals surface area contributed by atoms with E-state index >= 15 is 0 Å². The van der Waals surface area contributed by atoms with Crippen molar-refractivity contribution in [2.24, 2.45) is 0 Å². The highest BCUT2D eigenvalue weighted by molar-refractivity contribution is 5.38. The van der Waals surface area contributed by atoms with Crippen LogP contribution >= 0.6 is 0 Å². The van der Waals surface area contributed by atoms with Gasteiger partial charge in [-0.2, -0.15) is 0 Å². The van der Waals surface area contributed by atoms with Gasteiger partial charge in [-0.25, -0.2) is 8.78 Å². The number of aliphatic hydroxyl groups is 1. The molecule has 2 aromatic rings. The van der Waals surface area contributed by atoms with Crippen molar-refractivity contribution in [3.63, 3.8) is 0 Å². The van der Waals surface area contributed by atoms with Gasteiger partial charge in [0.2, 0.25) is 0 Å². The Morgan fingerprint density at radius 3 is 2.00 bits per heavy atom. The summed E-state index contributed by atoms with van der Waals surface area (Å²) < 4.78 is 26.3. The van der Waals surface area contributed by atoms with E-state index in [4.69, 9.17) is 0 Å². The van der Waals surface area contributed by atoms with Crippen LogP contribution in [0.15, 0.2) is 30.3 Å². The number of aliphatic hydroxyl groups excluding tert-OH is 1. The molecule has 0 spiro atoms. The van der Waals surface area contributed by atoms with E-state index in [0.717, 1.165) is 28.3 Å². The van der Waals surface area contributed by atoms with Gasteiger partial charge in [0.05, 0.1) is 6.10 Å². The van der Waals surface area contributed by atoms with Crippen LogP contribution < -0.4 is 0 Å². The number of aryl methyl sites for hydroxylation is 3. The predicted octanol–water partition coefficient (Wildman–Crippen LogP) is 4.17. The third kappa shape index (κ3) is 3.23. The van der Waals surface area contributed by atoms with Gasteiger partial charge in [0.15, 0.2) is 0 Å². The Morgan fingerprint density at radius 1 is 0.850 bits per heavy atom. The first-order valence-electron chi connectivity index (χ1n) is 6.57. The molecule has 1 nitrogen and oxygen atoms in total. The van der Waals surface area contributed by atoms with Gasteiger partial charge >= 0.3 is 0 Å². The number of rotatable bonds is 3. The van der Waals surface area contributed by atoms with E-state index in [2.05, 4.69) is 0 Å². The van der Waals surface area contributed by atoms with E-state index in [1.54, 1.807) is 0 Å². The minimum atomic E-state index is -0.768. The summed E-state index contributed by atoms with van der Waals surface area (Å²) in [5.74, 6) is -1.24. The zero-order valence-electron chi connectivity index (χ0n) is 11.9. The second-order valence-electron chi connectivity index (χ2n) is 5.29. The number of halogens is 2. The molecule has 0 aliphatic heterocycles. The first-order valence-corrected chi connectivity index (χ1v) is 6.57. The monoisotopic (exact) mass is 276 g/mol. The predicted molar refractivity (Wildman–Crippen MR) is 75.7 cm³/mol. The molecule has 2 aromatic carbocycles. The fourth-order valence-corrected chi connectivity index (χ4v) is 2.40. The lowest BCUT2D eigenvalue weighted by Crippen LogP contribution is -2.05. The van der Waals surface area contributed by atoms with Crippen LogP contribution in [-0.4, -0.2) is 5.11 Å². The maximum absolute atomic E-state index is 13.2. The molecule has 3 heteroatoms. The molecule has 0 aliphatic carbocycles. The summed E-state index contributed by atoms with van der Waals surface area (Å²) in [6.45, 7) is 5.92. The molecule has 0 saturated heterocycles. The van der Waals surface area contributed by atoms with Crippen molar-refractivity contribution in [1.82, 2.24) is 0 Å². The fourth-order valence-electron chi connectivity index (χ4n) is 2.40. The smallest absolute Gasteiger partial charge is 0.126 e. The van der Waals surface area contributed by atoms with Crippen LogP contribution in [0.25, 0.3) is 0 Å². The molecule has 0 aromatic heterocycles. The second-order valence-corrected chi connectivity index (χ2v) is 5.29. The van der Waals surface area contributed by atoms with E-state index in [1.807, 2.05) is 32.9 Å². The third-order valence-corrected chi connectivity index (χ3v) is 3.59. The Bertz CT molecular complexity index is 615. The average Bonchev–Trinajstić information content (AvgIpc) is 2.32. The molecule has 1 atom stereocenters. The van der Waals surface area contributed by atoms with Crippen molar-refractivity contribution in [3.05, 3.63) is 69.8 Å². The largest absolute Gasteiger partial charge is 0.388 e. The van der Waals surface area contributed by atoms with Crippen LogP contribution in [0.2, 0.25) is 0 Å². The maximum Gasteiger partial charge on any atom is 0.126 e. The van der Waals surface area contributed by atoms with E-state index in [9.17, 15) is 13.9 Å². The van der Waals surface area contributed by atoms with Crippen LogP contribution in [0.4, 0.5) is 8.78 Å². The van der Waals surface area contributed by atoms with E-state index < -0.39 is 17.7 Å². The van der Waals surface area contributed by atoms with E-state index in [1.165, 1.54) is 12.1 Å². The highest BCUT2D eigenvalue weighted by Gasteiger charge is 2.13. The standard InChI is InChI=1S/C17H18F2O/c1-10-4-12(3)16(5-11(10)2)17(20)8-13-6-14(18)9-15(19)7-13/h4-7,9,17,20H,8H2,1-3H3. The van der Waals surface area contributed by atoms with Crippen molar-refractivity contribution in [2.75, 3.05) is 0 Å². The van der Waals surface area contributed by atoms with Crippen LogP contribution in [-0.2, 0) is 6.42 Å². The molecule has 1 unspecified atom stereocenters. The molecule has 0 saturated carbocycles. The number of hydrogen-bond acceptors (Lipinski definition) is 1. The average molecular weight is 276 g/mol. The number of benzene rings is 2. The molecular weight excluding hydrogens is 258 g/mol. The molecule has 0 aliphatic rings. The Kier molecular flexibility index (Phi) is 4.19. The normalized spacial score (nSPS) is 12.5. The lowest BCUT2D eigenvalue weighted by Gasteiger charge is -2.16. The molecular formula is C17H18F2O. The molecule has 2 rings (SSSR count). The Hall–Kier alpha value is -1.74. The Balaban J connectivity index is 2.28. The topological polar surface area (TPSA) is 20.2 Å². The molecule has 0 radical (unpaired) electrons. The molecule has 106 valence electrons. The molecule has 0 fully saturated rings. The van der Waals surface area contributed by atoms with Gasteiger partial charge in [-0.1, -0.05) is 12.1 Å². The van der Waals surface area contributed by atoms with Crippen LogP contribution in [0, 0.1) is 32.4 Å². The van der Waals surface area contributed by atoms with Gasteiger partial charge in [-0.3, -0.25) is 0 Å². The minimum absolute atomic E-state index is 0.192. The molecule has 0 heterocycles. The highest BCUT2D eigenvalue weighted by atomic mass is 19.1. The first-order chi connectivity index (χ1) is 9.36. The summed E-state index contributed by atoms with van der Waals surface area (Å²) in [5, 5.41) is 10.3. The van der Waals surface area contributed by atoms with Crippen molar-refractivity contribution < 1.29 is 13.9 Å². The van der Waals surface area contributed by atoms with Crippen LogP contribution in [0.1, 0.15) is 33.9 Å². The summed E-state index contributed by atoms with van der Waals surface area (Å²) in [6.07, 6.45) is -0.576. The summed E-state index contributed by atoms with van der Waals surface area (Å²) >= 11 is 0. The van der Waals surface area contributed by atoms with Crippen LogP contribution in [0.5, 0.6) is 0 Å². The molecule has 0 bridgehead atoms. The highest BCUT2D eigenvalue weighted by Crippen LogP contribution is 2.25. The zero-order chi connectivity index (χ0) is 14.9. The molecule has 1 N–H and O–H groups in total. The van der Waals surface area contributed by atoms with Gasteiger partial charge in [0.1, 0.15) is 11.6 Å². The molecule has 20 heavy (non-hydrogen) atoms. The van der Waals surface area contributed by atoms with Gasteiger partial charge in [-0.15, -0.1) is 0 Å². The van der Waals surface area contributed by atoms with Gasteiger partial charge < -0.3 is 5.11 Å². The van der Waals surface area contributed by atoms with Crippen molar-refractivity contribution in [3.8, 4) is 0 Å². The van der Waals surface area contributed by atoms with E-state index in [-0.39, 0.29) is 6.42 Å². The van der Waals surface area contributed by atoms with Gasteiger partial charge in [0.25, 0.3) is 0 Å². The minimum Gasteiger partial charge on any atom is -0.388 e. The second kappa shape index (κ2) is 5.71. The fraction of sp³-hybridized carbons (Fsp3) is 0.294. The van der Waals surface area contributed by atoms with Gasteiger partial charge in [0, 0.05) is 12.5 Å².